The zero-order chi connectivity index (χ0) is 22.8. The number of nitrogens with zero attached hydrogens (tertiary/aromatic N) is 1. The summed E-state index contributed by atoms with van der Waals surface area (Å²) >= 11 is 5.15. The first-order chi connectivity index (χ1) is 15.4. The molecule has 5 nitrogen and oxygen atoms in total. The maximum atomic E-state index is 13.0. The minimum Gasteiger partial charge on any atom is -0.462 e. The molecule has 1 heterocycles. The van der Waals surface area contributed by atoms with Crippen LogP contribution in [0.4, 0.5) is 0 Å². The molecule has 164 valence electrons. The van der Waals surface area contributed by atoms with E-state index in [1.54, 1.807) is 24.8 Å². The molecule has 0 saturated heterocycles. The summed E-state index contributed by atoms with van der Waals surface area (Å²) in [7, 11) is 1.93. The highest BCUT2D eigenvalue weighted by Crippen LogP contribution is 2.38. The van der Waals surface area contributed by atoms with Crippen molar-refractivity contribution in [3.8, 4) is 5.75 Å². The van der Waals surface area contributed by atoms with Gasteiger partial charge in [0.2, 0.25) is 0 Å². The largest absolute Gasteiger partial charge is 0.462 e. The van der Waals surface area contributed by atoms with E-state index < -0.39 is 5.97 Å². The van der Waals surface area contributed by atoms with Gasteiger partial charge in [-0.1, -0.05) is 36.4 Å². The van der Waals surface area contributed by atoms with Crippen molar-refractivity contribution >= 4 is 61.3 Å². The second-order valence-electron chi connectivity index (χ2n) is 7.26. The van der Waals surface area contributed by atoms with Gasteiger partial charge in [-0.3, -0.25) is 4.79 Å². The Balaban J connectivity index is 1.82. The number of fused-ring (bicyclic) bond motifs is 2. The van der Waals surface area contributed by atoms with Crippen molar-refractivity contribution in [1.82, 2.24) is 4.57 Å². The van der Waals surface area contributed by atoms with Crippen molar-refractivity contribution in [3.05, 3.63) is 70.3 Å². The normalized spacial score (nSPS) is 11.1. The number of aromatic nitrogens is 1. The van der Waals surface area contributed by atoms with Gasteiger partial charge in [-0.05, 0) is 51.8 Å². The van der Waals surface area contributed by atoms with E-state index in [1.807, 2.05) is 35.9 Å². The Morgan fingerprint density at radius 3 is 2.56 bits per heavy atom. The highest BCUT2D eigenvalue weighted by molar-refractivity contribution is 9.10. The fourth-order valence-electron chi connectivity index (χ4n) is 3.79. The molecule has 1 aromatic heterocycles. The predicted octanol–water partition coefficient (Wildman–Crippen LogP) is 6.49. The minimum absolute atomic E-state index is 0.276. The molecule has 0 saturated carbocycles. The lowest BCUT2D eigenvalue weighted by atomic mass is 10.1. The van der Waals surface area contributed by atoms with Crippen LogP contribution in [0.5, 0.6) is 5.75 Å². The number of benzene rings is 3. The second kappa shape index (κ2) is 9.38. The number of aryl methyl sites for hydroxylation is 1. The molecule has 0 amide bonds. The molecule has 0 spiro atoms. The van der Waals surface area contributed by atoms with Gasteiger partial charge in [0.15, 0.2) is 0 Å². The Hall–Kier alpha value is -2.77. The van der Waals surface area contributed by atoms with Crippen LogP contribution in [0.25, 0.3) is 21.7 Å². The molecule has 0 aliphatic heterocycles. The Kier molecular flexibility index (Phi) is 6.58. The summed E-state index contributed by atoms with van der Waals surface area (Å²) in [5, 5.41) is 3.05. The van der Waals surface area contributed by atoms with E-state index in [9.17, 15) is 9.59 Å². The number of esters is 2. The predicted molar refractivity (Wildman–Crippen MR) is 131 cm³/mol. The zero-order valence-corrected chi connectivity index (χ0v) is 20.4. The highest BCUT2D eigenvalue weighted by Gasteiger charge is 2.24. The zero-order valence-electron chi connectivity index (χ0n) is 18.0. The molecule has 7 heteroatoms. The van der Waals surface area contributed by atoms with Crippen molar-refractivity contribution in [3.63, 3.8) is 0 Å². The summed E-state index contributed by atoms with van der Waals surface area (Å²) in [5.41, 5.74) is 2.20. The highest BCUT2D eigenvalue weighted by atomic mass is 79.9. The van der Waals surface area contributed by atoms with Crippen LogP contribution in [-0.4, -0.2) is 23.1 Å². The summed E-state index contributed by atoms with van der Waals surface area (Å²) in [6.45, 7) is 3.41. The molecule has 0 aliphatic rings. The Morgan fingerprint density at radius 1 is 1.06 bits per heavy atom. The molecule has 0 radical (unpaired) electrons. The smallest absolute Gasteiger partial charge is 0.340 e. The number of ether oxygens (including phenoxy) is 2. The van der Waals surface area contributed by atoms with E-state index in [0.717, 1.165) is 16.1 Å². The lowest BCUT2D eigenvalue weighted by Crippen LogP contribution is -2.08. The fraction of sp³-hybridized carbons (Fsp3) is 0.200. The molecule has 0 aliphatic carbocycles. The topological polar surface area (TPSA) is 57.5 Å². The van der Waals surface area contributed by atoms with Crippen LogP contribution < -0.4 is 4.74 Å². The average molecular weight is 512 g/mol. The standard InChI is InChI=1S/C25H22BrNO4S/c1-4-30-25(29)24-18-12-22(31-15(2)28)19(26)13-20(18)27(3)21(24)14-32-23-11-7-9-16-8-5-6-10-17(16)23/h5-13H,4,14H2,1-3H3. The van der Waals surface area contributed by atoms with Crippen LogP contribution in [0.15, 0.2) is 64.0 Å². The number of carbonyl (C=O) groups is 2. The number of hydrogen-bond donors (Lipinski definition) is 0. The van der Waals surface area contributed by atoms with Crippen molar-refractivity contribution in [1.29, 1.82) is 0 Å². The molecular weight excluding hydrogens is 490 g/mol. The summed E-state index contributed by atoms with van der Waals surface area (Å²) < 4.78 is 13.3. The average Bonchev–Trinajstić information content (AvgIpc) is 3.03. The number of halogens is 1. The van der Waals surface area contributed by atoms with E-state index in [1.165, 1.54) is 17.7 Å². The quantitative estimate of drug-likeness (QED) is 0.168. The second-order valence-corrected chi connectivity index (χ2v) is 9.13. The van der Waals surface area contributed by atoms with Crippen LogP contribution >= 0.6 is 27.7 Å². The lowest BCUT2D eigenvalue weighted by Gasteiger charge is -2.10. The molecule has 0 unspecified atom stereocenters. The first kappa shape index (κ1) is 22.4. The van der Waals surface area contributed by atoms with E-state index in [0.29, 0.717) is 26.9 Å². The van der Waals surface area contributed by atoms with Gasteiger partial charge in [0.05, 0.1) is 22.2 Å². The Labute approximate surface area is 198 Å². The number of hydrogen-bond acceptors (Lipinski definition) is 5. The van der Waals surface area contributed by atoms with Gasteiger partial charge < -0.3 is 14.0 Å². The van der Waals surface area contributed by atoms with Gasteiger partial charge in [-0.15, -0.1) is 11.8 Å². The molecule has 0 fully saturated rings. The summed E-state index contributed by atoms with van der Waals surface area (Å²) in [6, 6.07) is 18.1. The van der Waals surface area contributed by atoms with Crippen molar-refractivity contribution in [2.45, 2.75) is 24.5 Å². The fourth-order valence-corrected chi connectivity index (χ4v) is 5.35. The minimum atomic E-state index is -0.426. The molecule has 32 heavy (non-hydrogen) atoms. The van der Waals surface area contributed by atoms with Crippen molar-refractivity contribution in [2.24, 2.45) is 7.05 Å². The van der Waals surface area contributed by atoms with Crippen LogP contribution in [0, 0.1) is 0 Å². The molecule has 4 aromatic rings. The summed E-state index contributed by atoms with van der Waals surface area (Å²) in [6.07, 6.45) is 0. The van der Waals surface area contributed by atoms with Crippen LogP contribution in [-0.2, 0) is 22.3 Å². The third-order valence-electron chi connectivity index (χ3n) is 5.22. The molecule has 0 bridgehead atoms. The van der Waals surface area contributed by atoms with Crippen LogP contribution in [0.3, 0.4) is 0 Å². The first-order valence-electron chi connectivity index (χ1n) is 10.2. The first-order valence-corrected chi connectivity index (χ1v) is 12.0. The Morgan fingerprint density at radius 2 is 1.81 bits per heavy atom. The van der Waals surface area contributed by atoms with Crippen LogP contribution in [0.1, 0.15) is 29.9 Å². The van der Waals surface area contributed by atoms with E-state index >= 15 is 0 Å². The van der Waals surface area contributed by atoms with Gasteiger partial charge in [0.1, 0.15) is 5.75 Å². The maximum absolute atomic E-state index is 13.0. The van der Waals surface area contributed by atoms with Gasteiger partial charge in [-0.2, -0.15) is 0 Å². The maximum Gasteiger partial charge on any atom is 0.340 e. The third kappa shape index (κ3) is 4.27. The summed E-state index contributed by atoms with van der Waals surface area (Å²) in [4.78, 5) is 25.6. The number of carbonyl (C=O) groups excluding carboxylic acids is 2. The molecule has 0 atom stereocenters. The van der Waals surface area contributed by atoms with Gasteiger partial charge >= 0.3 is 11.9 Å². The van der Waals surface area contributed by atoms with E-state index in [2.05, 4.69) is 40.2 Å². The summed E-state index contributed by atoms with van der Waals surface area (Å²) in [5.74, 6) is 0.135. The molecule has 3 aromatic carbocycles. The van der Waals surface area contributed by atoms with E-state index in [-0.39, 0.29) is 12.6 Å². The monoisotopic (exact) mass is 511 g/mol. The van der Waals surface area contributed by atoms with Gasteiger partial charge in [0.25, 0.3) is 0 Å². The number of thioether (sulfide) groups is 1. The lowest BCUT2D eigenvalue weighted by molar-refractivity contribution is -0.131. The number of rotatable bonds is 6. The molecule has 4 rings (SSSR count). The Bertz CT molecular complexity index is 1340. The van der Waals surface area contributed by atoms with Gasteiger partial charge in [0, 0.05) is 35.7 Å². The van der Waals surface area contributed by atoms with Crippen LogP contribution in [0.2, 0.25) is 0 Å². The van der Waals surface area contributed by atoms with Crippen molar-refractivity contribution < 1.29 is 19.1 Å². The van der Waals surface area contributed by atoms with E-state index in [4.69, 9.17) is 9.47 Å². The molecule has 0 N–H and O–H groups in total. The SMILES string of the molecule is CCOC(=O)c1c(CSc2cccc3ccccc23)n(C)c2cc(Br)c(OC(C)=O)cc12. The van der Waals surface area contributed by atoms with Crippen molar-refractivity contribution in [2.75, 3.05) is 6.61 Å². The third-order valence-corrected chi connectivity index (χ3v) is 6.93. The molecular formula is C25H22BrNO4S. The van der Waals surface area contributed by atoms with Gasteiger partial charge in [-0.25, -0.2) is 4.79 Å².